The lowest BCUT2D eigenvalue weighted by molar-refractivity contribution is -0.139. The third kappa shape index (κ3) is 10.2. The number of carbonyl (C=O) groups is 2. The number of esters is 1. The van der Waals surface area contributed by atoms with Crippen molar-refractivity contribution in [1.82, 2.24) is 0 Å². The van der Waals surface area contributed by atoms with E-state index in [4.69, 9.17) is 14.9 Å². The number of aliphatic carboxylic acids is 1. The molecule has 0 amide bonds. The minimum Gasteiger partial charge on any atom is -0.478 e. The molecule has 126 valence electrons. The van der Waals surface area contributed by atoms with E-state index in [1.54, 1.807) is 6.08 Å². The Kier molecular flexibility index (Phi) is 12.1. The van der Waals surface area contributed by atoms with Crippen LogP contribution in [0.2, 0.25) is 0 Å². The second kappa shape index (κ2) is 13.1. The van der Waals surface area contributed by atoms with Crippen molar-refractivity contribution in [3.63, 3.8) is 0 Å². The number of carbonyl (C=O) groups excluding carboxylic acids is 1. The molecule has 0 fully saturated rings. The van der Waals surface area contributed by atoms with Gasteiger partial charge in [-0.25, -0.2) is 9.59 Å². The number of carboxylic acids is 1. The lowest BCUT2D eigenvalue weighted by Crippen LogP contribution is -2.10. The standard InChI is InChI=1S/C17H28O5/c1-3-4-5-6-10-15(11-7-12-18)17(21)22-13-8-9-14(2)16(19)20/h11,18H,2-10,12-13H2,1H3,(H,19,20). The number of ether oxygens (including phenoxy) is 1. The molecule has 0 aromatic rings. The summed E-state index contributed by atoms with van der Waals surface area (Å²) in [5, 5.41) is 17.5. The first kappa shape index (κ1) is 20.4. The molecule has 0 spiro atoms. The number of hydrogen-bond acceptors (Lipinski definition) is 4. The second-order valence-electron chi connectivity index (χ2n) is 5.20. The maximum Gasteiger partial charge on any atom is 0.333 e. The third-order valence-corrected chi connectivity index (χ3v) is 3.24. The predicted molar refractivity (Wildman–Crippen MR) is 85.5 cm³/mol. The van der Waals surface area contributed by atoms with Crippen LogP contribution in [0.1, 0.15) is 58.3 Å². The topological polar surface area (TPSA) is 83.8 Å². The van der Waals surface area contributed by atoms with Crippen molar-refractivity contribution in [2.24, 2.45) is 0 Å². The zero-order valence-corrected chi connectivity index (χ0v) is 13.5. The highest BCUT2D eigenvalue weighted by Gasteiger charge is 2.11. The lowest BCUT2D eigenvalue weighted by atomic mass is 10.1. The van der Waals surface area contributed by atoms with E-state index in [1.807, 2.05) is 0 Å². The van der Waals surface area contributed by atoms with E-state index in [0.717, 1.165) is 25.7 Å². The van der Waals surface area contributed by atoms with Crippen LogP contribution in [0.4, 0.5) is 0 Å². The van der Waals surface area contributed by atoms with Gasteiger partial charge in [0, 0.05) is 17.8 Å². The van der Waals surface area contributed by atoms with E-state index in [-0.39, 0.29) is 24.8 Å². The molecule has 0 aliphatic heterocycles. The van der Waals surface area contributed by atoms with Crippen molar-refractivity contribution < 1.29 is 24.5 Å². The van der Waals surface area contributed by atoms with E-state index < -0.39 is 5.97 Å². The van der Waals surface area contributed by atoms with Crippen molar-refractivity contribution in [1.29, 1.82) is 0 Å². The van der Waals surface area contributed by atoms with Crippen LogP contribution in [-0.2, 0) is 14.3 Å². The van der Waals surface area contributed by atoms with Crippen LogP contribution in [0.25, 0.3) is 0 Å². The average Bonchev–Trinajstić information content (AvgIpc) is 2.50. The largest absolute Gasteiger partial charge is 0.478 e. The summed E-state index contributed by atoms with van der Waals surface area (Å²) in [4.78, 5) is 22.6. The lowest BCUT2D eigenvalue weighted by Gasteiger charge is -2.09. The fourth-order valence-electron chi connectivity index (χ4n) is 1.92. The Labute approximate surface area is 132 Å². The molecule has 0 saturated heterocycles. The summed E-state index contributed by atoms with van der Waals surface area (Å²) >= 11 is 0. The van der Waals surface area contributed by atoms with Crippen LogP contribution in [0.3, 0.4) is 0 Å². The molecule has 0 saturated carbocycles. The molecule has 0 rings (SSSR count). The molecule has 2 N–H and O–H groups in total. The van der Waals surface area contributed by atoms with Gasteiger partial charge in [-0.15, -0.1) is 0 Å². The van der Waals surface area contributed by atoms with Gasteiger partial charge in [-0.1, -0.05) is 38.8 Å². The second-order valence-corrected chi connectivity index (χ2v) is 5.20. The van der Waals surface area contributed by atoms with Gasteiger partial charge in [0.1, 0.15) is 0 Å². The van der Waals surface area contributed by atoms with Crippen molar-refractivity contribution >= 4 is 11.9 Å². The first-order valence-electron chi connectivity index (χ1n) is 7.91. The number of carboxylic acid groups (broad SMARTS) is 1. The van der Waals surface area contributed by atoms with Gasteiger partial charge in [0.15, 0.2) is 0 Å². The number of aliphatic hydroxyl groups excluding tert-OH is 1. The highest BCUT2D eigenvalue weighted by molar-refractivity contribution is 5.88. The third-order valence-electron chi connectivity index (χ3n) is 3.24. The minimum atomic E-state index is -1.02. The average molecular weight is 312 g/mol. The number of aliphatic hydroxyl groups is 1. The molecule has 0 heterocycles. The van der Waals surface area contributed by atoms with Crippen LogP contribution >= 0.6 is 0 Å². The van der Waals surface area contributed by atoms with Gasteiger partial charge in [0.25, 0.3) is 0 Å². The molecule has 0 aromatic heterocycles. The summed E-state index contributed by atoms with van der Waals surface area (Å²) in [5.74, 6) is -1.39. The predicted octanol–water partition coefficient (Wildman–Crippen LogP) is 3.23. The van der Waals surface area contributed by atoms with Gasteiger partial charge < -0.3 is 14.9 Å². The van der Waals surface area contributed by atoms with Gasteiger partial charge in [0.05, 0.1) is 6.61 Å². The molecule has 0 radical (unpaired) electrons. The summed E-state index contributed by atoms with van der Waals surface area (Å²) in [6.07, 6.45) is 7.83. The first-order valence-corrected chi connectivity index (χ1v) is 7.91. The SMILES string of the molecule is C=C(CCCOC(=O)C(=CCCO)CCCCCC)C(=O)O. The molecule has 0 atom stereocenters. The Bertz CT molecular complexity index is 385. The normalized spacial score (nSPS) is 11.3. The molecule has 5 nitrogen and oxygen atoms in total. The van der Waals surface area contributed by atoms with Gasteiger partial charge in [-0.2, -0.15) is 0 Å². The van der Waals surface area contributed by atoms with Gasteiger partial charge >= 0.3 is 11.9 Å². The molecule has 0 aliphatic rings. The maximum atomic E-state index is 12.0. The van der Waals surface area contributed by atoms with Crippen LogP contribution in [0, 0.1) is 0 Å². The Hall–Kier alpha value is -1.62. The van der Waals surface area contributed by atoms with Crippen molar-refractivity contribution in [2.75, 3.05) is 13.2 Å². The van der Waals surface area contributed by atoms with E-state index in [2.05, 4.69) is 13.5 Å². The fourth-order valence-corrected chi connectivity index (χ4v) is 1.92. The summed E-state index contributed by atoms with van der Waals surface area (Å²) in [7, 11) is 0. The molecular formula is C17H28O5. The molecule has 0 unspecified atom stereocenters. The van der Waals surface area contributed by atoms with Crippen molar-refractivity contribution in [3.05, 3.63) is 23.8 Å². The van der Waals surface area contributed by atoms with Gasteiger partial charge in [-0.05, 0) is 32.1 Å². The zero-order chi connectivity index (χ0) is 16.8. The number of rotatable bonds is 13. The molecular weight excluding hydrogens is 284 g/mol. The van der Waals surface area contributed by atoms with E-state index >= 15 is 0 Å². The van der Waals surface area contributed by atoms with Crippen LogP contribution in [0.5, 0.6) is 0 Å². The smallest absolute Gasteiger partial charge is 0.333 e. The van der Waals surface area contributed by atoms with Gasteiger partial charge in [-0.3, -0.25) is 0 Å². The highest BCUT2D eigenvalue weighted by Crippen LogP contribution is 2.13. The van der Waals surface area contributed by atoms with Crippen LogP contribution in [0.15, 0.2) is 23.8 Å². The fraction of sp³-hybridized carbons (Fsp3) is 0.647. The molecule has 0 bridgehead atoms. The van der Waals surface area contributed by atoms with Gasteiger partial charge in [0.2, 0.25) is 0 Å². The minimum absolute atomic E-state index is 0.00414. The summed E-state index contributed by atoms with van der Waals surface area (Å²) in [5.41, 5.74) is 0.717. The molecule has 0 aromatic carbocycles. The monoisotopic (exact) mass is 312 g/mol. The van der Waals surface area contributed by atoms with Crippen molar-refractivity contribution in [3.8, 4) is 0 Å². The summed E-state index contributed by atoms with van der Waals surface area (Å²) in [6.45, 7) is 5.73. The van der Waals surface area contributed by atoms with Crippen LogP contribution in [-0.4, -0.2) is 35.4 Å². The number of unbranched alkanes of at least 4 members (excludes halogenated alkanes) is 3. The first-order chi connectivity index (χ1) is 10.5. The zero-order valence-electron chi connectivity index (χ0n) is 13.5. The van der Waals surface area contributed by atoms with Crippen molar-refractivity contribution in [2.45, 2.75) is 58.3 Å². The summed E-state index contributed by atoms with van der Waals surface area (Å²) < 4.78 is 5.17. The maximum absolute atomic E-state index is 12.0. The van der Waals surface area contributed by atoms with Crippen LogP contribution < -0.4 is 0 Å². The highest BCUT2D eigenvalue weighted by atomic mass is 16.5. The molecule has 0 aliphatic carbocycles. The molecule has 22 heavy (non-hydrogen) atoms. The Morgan fingerprint density at radius 2 is 1.86 bits per heavy atom. The Morgan fingerprint density at radius 3 is 2.45 bits per heavy atom. The Morgan fingerprint density at radius 1 is 1.14 bits per heavy atom. The number of hydrogen-bond donors (Lipinski definition) is 2. The van der Waals surface area contributed by atoms with E-state index in [0.29, 0.717) is 31.3 Å². The molecule has 5 heteroatoms. The summed E-state index contributed by atoms with van der Waals surface area (Å²) in [6, 6.07) is 0. The van der Waals surface area contributed by atoms with E-state index in [1.165, 1.54) is 0 Å². The van der Waals surface area contributed by atoms with E-state index in [9.17, 15) is 9.59 Å². The quantitative estimate of drug-likeness (QED) is 0.310. The Balaban J connectivity index is 4.16.